The number of nitrogens with one attached hydrogen (secondary N) is 3. The van der Waals surface area contributed by atoms with Gasteiger partial charge >= 0.3 is 0 Å². The number of carbonyl (C=O) groups excluding carboxylic acids is 1. The van der Waals surface area contributed by atoms with Crippen LogP contribution in [0.1, 0.15) is 34.1 Å². The van der Waals surface area contributed by atoms with Crippen LogP contribution in [0.25, 0.3) is 0 Å². The van der Waals surface area contributed by atoms with Crippen molar-refractivity contribution in [1.82, 2.24) is 16.0 Å². The first kappa shape index (κ1) is 23.5. The quantitative estimate of drug-likeness (QED) is 0.250. The zero-order chi connectivity index (χ0) is 19.0. The largest absolute Gasteiger partial charge is 0.369 e. The lowest BCUT2D eigenvalue weighted by Gasteiger charge is -2.20. The van der Waals surface area contributed by atoms with Gasteiger partial charge in [-0.25, -0.2) is 0 Å². The molecular formula is C20H34IN5O. The molecule has 2 rings (SSSR count). The molecule has 1 unspecified atom stereocenters. The van der Waals surface area contributed by atoms with Gasteiger partial charge in [-0.3, -0.25) is 9.79 Å². The molecule has 1 aliphatic rings. The van der Waals surface area contributed by atoms with Crippen LogP contribution in [0.5, 0.6) is 0 Å². The third-order valence-electron chi connectivity index (χ3n) is 4.34. The molecule has 6 nitrogen and oxygen atoms in total. The van der Waals surface area contributed by atoms with E-state index in [0.29, 0.717) is 19.1 Å². The molecule has 1 fully saturated rings. The van der Waals surface area contributed by atoms with Crippen molar-refractivity contribution >= 4 is 41.5 Å². The first-order valence-corrected chi connectivity index (χ1v) is 9.53. The lowest BCUT2D eigenvalue weighted by Crippen LogP contribution is -2.45. The number of rotatable bonds is 6. The Morgan fingerprint density at radius 3 is 2.56 bits per heavy atom. The summed E-state index contributed by atoms with van der Waals surface area (Å²) in [6.45, 7) is 11.7. The first-order chi connectivity index (χ1) is 12.4. The molecule has 1 aliphatic heterocycles. The Hall–Kier alpha value is -1.51. The number of hydrogen-bond donors (Lipinski definition) is 3. The maximum atomic E-state index is 11.9. The van der Waals surface area contributed by atoms with Crippen molar-refractivity contribution in [2.75, 3.05) is 37.6 Å². The van der Waals surface area contributed by atoms with Crippen LogP contribution in [-0.2, 0) is 4.79 Å². The zero-order valence-corrected chi connectivity index (χ0v) is 19.2. The van der Waals surface area contributed by atoms with Crippen LogP contribution in [0, 0.1) is 5.41 Å². The van der Waals surface area contributed by atoms with E-state index in [9.17, 15) is 4.79 Å². The zero-order valence-electron chi connectivity index (χ0n) is 16.9. The summed E-state index contributed by atoms with van der Waals surface area (Å²) >= 11 is 0. The maximum absolute atomic E-state index is 11.9. The molecule has 0 aromatic heterocycles. The fraction of sp³-hybridized carbons (Fsp3) is 0.600. The van der Waals surface area contributed by atoms with Crippen LogP contribution in [-0.4, -0.2) is 50.6 Å². The highest BCUT2D eigenvalue weighted by molar-refractivity contribution is 14.0. The summed E-state index contributed by atoms with van der Waals surface area (Å²) in [4.78, 5) is 18.9. The number of guanidine groups is 1. The van der Waals surface area contributed by atoms with E-state index in [4.69, 9.17) is 0 Å². The Morgan fingerprint density at radius 1 is 1.22 bits per heavy atom. The monoisotopic (exact) mass is 487 g/mol. The summed E-state index contributed by atoms with van der Waals surface area (Å²) in [6, 6.07) is 10.9. The number of aliphatic imine (C=N–C) groups is 1. The van der Waals surface area contributed by atoms with Gasteiger partial charge in [-0.15, -0.1) is 24.0 Å². The van der Waals surface area contributed by atoms with E-state index in [0.717, 1.165) is 32.0 Å². The van der Waals surface area contributed by atoms with Gasteiger partial charge in [0, 0.05) is 43.3 Å². The minimum absolute atomic E-state index is 0. The van der Waals surface area contributed by atoms with Crippen LogP contribution in [0.3, 0.4) is 0 Å². The molecule has 0 saturated carbocycles. The van der Waals surface area contributed by atoms with E-state index < -0.39 is 0 Å². The van der Waals surface area contributed by atoms with Crippen LogP contribution in [0.2, 0.25) is 0 Å². The predicted octanol–water partition coefficient (Wildman–Crippen LogP) is 2.60. The average Bonchev–Trinajstić information content (AvgIpc) is 3.07. The van der Waals surface area contributed by atoms with Gasteiger partial charge in [-0.05, 0) is 25.5 Å². The normalized spacial score (nSPS) is 17.3. The Bertz CT molecular complexity index is 600. The molecule has 0 aliphatic carbocycles. The molecule has 27 heavy (non-hydrogen) atoms. The molecule has 1 saturated heterocycles. The van der Waals surface area contributed by atoms with Crippen LogP contribution < -0.4 is 20.9 Å². The van der Waals surface area contributed by atoms with E-state index >= 15 is 0 Å². The van der Waals surface area contributed by atoms with Crippen molar-refractivity contribution in [3.8, 4) is 0 Å². The van der Waals surface area contributed by atoms with E-state index in [2.05, 4.69) is 57.0 Å². The number of carbonyl (C=O) groups is 1. The van der Waals surface area contributed by atoms with E-state index in [-0.39, 0.29) is 35.3 Å². The Kier molecular flexibility index (Phi) is 9.90. The topological polar surface area (TPSA) is 68.8 Å². The summed E-state index contributed by atoms with van der Waals surface area (Å²) in [5.41, 5.74) is 0.903. The molecule has 7 heteroatoms. The standard InChI is InChI=1S/C20H33N5O.HI/c1-5-21-19(23-13-12-22-18(26)20(2,3)4)24-16-11-14-25(15-16)17-9-7-6-8-10-17;/h6-10,16H,5,11-15H2,1-4H3,(H,22,26)(H2,21,23,24);1H. The van der Waals surface area contributed by atoms with E-state index in [1.807, 2.05) is 26.8 Å². The van der Waals surface area contributed by atoms with Crippen molar-refractivity contribution in [2.24, 2.45) is 10.4 Å². The van der Waals surface area contributed by atoms with Crippen molar-refractivity contribution in [1.29, 1.82) is 0 Å². The van der Waals surface area contributed by atoms with Crippen LogP contribution >= 0.6 is 24.0 Å². The molecule has 1 amide bonds. The maximum Gasteiger partial charge on any atom is 0.225 e. The molecule has 152 valence electrons. The lowest BCUT2D eigenvalue weighted by molar-refractivity contribution is -0.128. The first-order valence-electron chi connectivity index (χ1n) is 9.53. The van der Waals surface area contributed by atoms with Gasteiger partial charge in [-0.2, -0.15) is 0 Å². The van der Waals surface area contributed by atoms with Gasteiger partial charge in [-0.1, -0.05) is 39.0 Å². The molecule has 0 radical (unpaired) electrons. The number of amides is 1. The fourth-order valence-corrected chi connectivity index (χ4v) is 2.87. The molecule has 0 spiro atoms. The highest BCUT2D eigenvalue weighted by Gasteiger charge is 2.23. The summed E-state index contributed by atoms with van der Waals surface area (Å²) in [7, 11) is 0. The minimum atomic E-state index is -0.364. The van der Waals surface area contributed by atoms with Crippen molar-refractivity contribution in [3.63, 3.8) is 0 Å². The number of benzene rings is 1. The smallest absolute Gasteiger partial charge is 0.225 e. The summed E-state index contributed by atoms with van der Waals surface area (Å²) in [5, 5.41) is 9.74. The highest BCUT2D eigenvalue weighted by Crippen LogP contribution is 2.19. The molecule has 1 aromatic carbocycles. The van der Waals surface area contributed by atoms with E-state index in [1.54, 1.807) is 0 Å². The molecule has 0 bridgehead atoms. The molecule has 1 heterocycles. The molecular weight excluding hydrogens is 453 g/mol. The molecule has 1 aromatic rings. The Morgan fingerprint density at radius 2 is 1.93 bits per heavy atom. The van der Waals surface area contributed by atoms with Gasteiger partial charge < -0.3 is 20.9 Å². The third-order valence-corrected chi connectivity index (χ3v) is 4.34. The second-order valence-corrected chi connectivity index (χ2v) is 7.68. The second-order valence-electron chi connectivity index (χ2n) is 7.68. The van der Waals surface area contributed by atoms with Gasteiger partial charge in [0.1, 0.15) is 0 Å². The predicted molar refractivity (Wildman–Crippen MR) is 124 cm³/mol. The number of halogens is 1. The Labute approximate surface area is 180 Å². The number of para-hydroxylation sites is 1. The number of nitrogens with zero attached hydrogens (tertiary/aromatic N) is 2. The molecule has 1 atom stereocenters. The molecule has 3 N–H and O–H groups in total. The van der Waals surface area contributed by atoms with Gasteiger partial charge in [0.05, 0.1) is 6.54 Å². The van der Waals surface area contributed by atoms with E-state index in [1.165, 1.54) is 5.69 Å². The average molecular weight is 487 g/mol. The highest BCUT2D eigenvalue weighted by atomic mass is 127. The number of hydrogen-bond acceptors (Lipinski definition) is 3. The Balaban J connectivity index is 0.00000364. The summed E-state index contributed by atoms with van der Waals surface area (Å²) in [5.74, 6) is 0.873. The van der Waals surface area contributed by atoms with Crippen molar-refractivity contribution in [2.45, 2.75) is 40.2 Å². The van der Waals surface area contributed by atoms with Crippen molar-refractivity contribution < 1.29 is 4.79 Å². The van der Waals surface area contributed by atoms with Gasteiger partial charge in [0.2, 0.25) is 5.91 Å². The van der Waals surface area contributed by atoms with Crippen molar-refractivity contribution in [3.05, 3.63) is 30.3 Å². The second kappa shape index (κ2) is 11.4. The number of anilines is 1. The minimum Gasteiger partial charge on any atom is -0.369 e. The third kappa shape index (κ3) is 7.94. The van der Waals surface area contributed by atoms with Gasteiger partial charge in [0.15, 0.2) is 5.96 Å². The van der Waals surface area contributed by atoms with Gasteiger partial charge in [0.25, 0.3) is 0 Å². The lowest BCUT2D eigenvalue weighted by atomic mass is 9.96. The SMILES string of the molecule is CCNC(=NCCNC(=O)C(C)(C)C)NC1CCN(c2ccccc2)C1.I. The van der Waals surface area contributed by atoms with Crippen LogP contribution in [0.4, 0.5) is 5.69 Å². The summed E-state index contributed by atoms with van der Waals surface area (Å²) in [6.07, 6.45) is 1.08. The fourth-order valence-electron chi connectivity index (χ4n) is 2.87. The summed E-state index contributed by atoms with van der Waals surface area (Å²) < 4.78 is 0. The van der Waals surface area contributed by atoms with Crippen LogP contribution in [0.15, 0.2) is 35.3 Å².